The molecule has 0 spiro atoms. The van der Waals surface area contributed by atoms with Gasteiger partial charge in [-0.3, -0.25) is 4.79 Å². The first-order valence-corrected chi connectivity index (χ1v) is 7.98. The summed E-state index contributed by atoms with van der Waals surface area (Å²) in [6.07, 6.45) is 3.19. The minimum absolute atomic E-state index is 0.158. The minimum Gasteiger partial charge on any atom is -0.497 e. The highest BCUT2D eigenvalue weighted by Crippen LogP contribution is 2.23. The van der Waals surface area contributed by atoms with Gasteiger partial charge in [0.2, 0.25) is 5.43 Å². The Bertz CT molecular complexity index is 755. The predicted molar refractivity (Wildman–Crippen MR) is 86.2 cm³/mol. The van der Waals surface area contributed by atoms with Crippen molar-refractivity contribution in [1.82, 2.24) is 4.57 Å². The number of rotatable bonds is 6. The summed E-state index contributed by atoms with van der Waals surface area (Å²) in [5, 5.41) is 19.1. The summed E-state index contributed by atoms with van der Waals surface area (Å²) >= 11 is 1.53. The Hall–Kier alpha value is -1.99. The third-order valence-electron chi connectivity index (χ3n) is 3.43. The molecule has 1 unspecified atom stereocenters. The molecule has 0 bridgehead atoms. The molecule has 1 aromatic heterocycles. The van der Waals surface area contributed by atoms with Crippen molar-refractivity contribution in [3.05, 3.63) is 40.2 Å². The first kappa shape index (κ1) is 16.4. The van der Waals surface area contributed by atoms with Crippen LogP contribution < -0.4 is 10.2 Å². The maximum atomic E-state index is 12.3. The van der Waals surface area contributed by atoms with Gasteiger partial charge in [0.25, 0.3) is 0 Å². The Morgan fingerprint density at radius 3 is 2.73 bits per heavy atom. The Morgan fingerprint density at radius 2 is 2.18 bits per heavy atom. The van der Waals surface area contributed by atoms with E-state index < -0.39 is 11.4 Å². The van der Waals surface area contributed by atoms with Crippen LogP contribution in [0.15, 0.2) is 29.2 Å². The summed E-state index contributed by atoms with van der Waals surface area (Å²) in [7, 11) is 1.51. The van der Waals surface area contributed by atoms with E-state index in [4.69, 9.17) is 4.74 Å². The van der Waals surface area contributed by atoms with Crippen LogP contribution in [0.4, 0.5) is 0 Å². The topological polar surface area (TPSA) is 88.8 Å². The van der Waals surface area contributed by atoms with Crippen molar-refractivity contribution < 1.29 is 19.7 Å². The van der Waals surface area contributed by atoms with Gasteiger partial charge in [-0.1, -0.05) is 0 Å². The predicted octanol–water partition coefficient (Wildman–Crippen LogP) is 1.60. The van der Waals surface area contributed by atoms with Gasteiger partial charge in [-0.2, -0.15) is 11.8 Å². The van der Waals surface area contributed by atoms with Crippen molar-refractivity contribution in [2.45, 2.75) is 6.04 Å². The van der Waals surface area contributed by atoms with Crippen molar-refractivity contribution in [1.29, 1.82) is 0 Å². The van der Waals surface area contributed by atoms with Gasteiger partial charge in [0, 0.05) is 23.4 Å². The van der Waals surface area contributed by atoms with Gasteiger partial charge >= 0.3 is 5.97 Å². The molecule has 0 amide bonds. The number of carboxylic acids is 1. The van der Waals surface area contributed by atoms with Gasteiger partial charge in [-0.05, 0) is 18.4 Å². The number of carbonyl (C=O) groups is 1. The number of hydrogen-bond donors (Lipinski definition) is 2. The van der Waals surface area contributed by atoms with E-state index in [0.717, 1.165) is 0 Å². The number of thioether (sulfide) groups is 1. The fraction of sp³-hybridized carbons (Fsp3) is 0.333. The minimum atomic E-state index is -1.28. The summed E-state index contributed by atoms with van der Waals surface area (Å²) in [5.41, 5.74) is -0.304. The number of aliphatic hydroxyl groups excluding tert-OH is 1. The van der Waals surface area contributed by atoms with E-state index in [1.807, 2.05) is 6.26 Å². The molecule has 118 valence electrons. The van der Waals surface area contributed by atoms with E-state index >= 15 is 0 Å². The number of fused-ring (bicyclic) bond motifs is 1. The Labute approximate surface area is 131 Å². The highest BCUT2D eigenvalue weighted by Gasteiger charge is 2.19. The molecular weight excluding hydrogens is 306 g/mol. The second-order valence-corrected chi connectivity index (χ2v) is 5.67. The monoisotopic (exact) mass is 323 g/mol. The number of nitrogens with zero attached hydrogens (tertiary/aromatic N) is 1. The second kappa shape index (κ2) is 6.85. The number of aliphatic hydroxyl groups is 1. The van der Waals surface area contributed by atoms with Crippen LogP contribution in [-0.2, 0) is 0 Å². The molecule has 0 aliphatic rings. The Morgan fingerprint density at radius 1 is 1.45 bits per heavy atom. The molecule has 2 aromatic rings. The summed E-state index contributed by atoms with van der Waals surface area (Å²) in [4.78, 5) is 23.6. The van der Waals surface area contributed by atoms with E-state index in [9.17, 15) is 19.8 Å². The highest BCUT2D eigenvalue weighted by molar-refractivity contribution is 7.98. The van der Waals surface area contributed by atoms with Crippen LogP contribution in [0.5, 0.6) is 5.75 Å². The lowest BCUT2D eigenvalue weighted by atomic mass is 10.1. The number of hydrogen-bond acceptors (Lipinski definition) is 5. The number of aromatic carboxylic acids is 1. The average Bonchev–Trinajstić information content (AvgIpc) is 2.52. The lowest BCUT2D eigenvalue weighted by Gasteiger charge is -2.21. The SMILES string of the molecule is COc1ccc2c(=O)c(C(=O)O)cn(C(CO)CSC)c2c1. The number of ether oxygens (including phenoxy) is 1. The summed E-state index contributed by atoms with van der Waals surface area (Å²) in [5.74, 6) is -0.132. The van der Waals surface area contributed by atoms with E-state index in [1.165, 1.54) is 25.1 Å². The van der Waals surface area contributed by atoms with Crippen LogP contribution in [0, 0.1) is 0 Å². The van der Waals surface area contributed by atoms with Crippen LogP contribution in [-0.4, -0.2) is 46.5 Å². The molecule has 0 aliphatic heterocycles. The zero-order valence-corrected chi connectivity index (χ0v) is 13.1. The summed E-state index contributed by atoms with van der Waals surface area (Å²) in [6, 6.07) is 4.50. The molecule has 0 fully saturated rings. The average molecular weight is 323 g/mol. The largest absolute Gasteiger partial charge is 0.497 e. The van der Waals surface area contributed by atoms with Gasteiger partial charge in [0.1, 0.15) is 11.3 Å². The smallest absolute Gasteiger partial charge is 0.341 e. The molecule has 6 nitrogen and oxygen atoms in total. The number of pyridine rings is 1. The lowest BCUT2D eigenvalue weighted by molar-refractivity contribution is 0.0694. The first-order chi connectivity index (χ1) is 10.5. The van der Waals surface area contributed by atoms with Gasteiger partial charge in [-0.15, -0.1) is 0 Å². The molecule has 22 heavy (non-hydrogen) atoms. The van der Waals surface area contributed by atoms with E-state index in [0.29, 0.717) is 22.4 Å². The van der Waals surface area contributed by atoms with Crippen LogP contribution >= 0.6 is 11.8 Å². The molecule has 2 rings (SSSR count). The lowest BCUT2D eigenvalue weighted by Crippen LogP contribution is -2.23. The number of carboxylic acid groups (broad SMARTS) is 1. The van der Waals surface area contributed by atoms with Crippen molar-refractivity contribution in [2.75, 3.05) is 25.7 Å². The third kappa shape index (κ3) is 2.95. The van der Waals surface area contributed by atoms with Gasteiger partial charge < -0.3 is 19.5 Å². The fourth-order valence-corrected chi connectivity index (χ4v) is 2.97. The normalized spacial score (nSPS) is 12.3. The van der Waals surface area contributed by atoms with Crippen molar-refractivity contribution in [3.8, 4) is 5.75 Å². The van der Waals surface area contributed by atoms with Crippen LogP contribution in [0.25, 0.3) is 10.9 Å². The van der Waals surface area contributed by atoms with Crippen molar-refractivity contribution in [2.24, 2.45) is 0 Å². The molecule has 1 aromatic carbocycles. The first-order valence-electron chi connectivity index (χ1n) is 6.59. The second-order valence-electron chi connectivity index (χ2n) is 4.76. The number of benzene rings is 1. The zero-order valence-electron chi connectivity index (χ0n) is 12.3. The third-order valence-corrected chi connectivity index (χ3v) is 4.15. The molecule has 7 heteroatoms. The molecule has 0 saturated carbocycles. The number of aromatic nitrogens is 1. The standard InChI is InChI=1S/C15H17NO5S/c1-21-10-3-4-11-13(5-10)16(9(7-17)8-22-2)6-12(14(11)18)15(19)20/h3-6,9,17H,7-8H2,1-2H3,(H,19,20). The number of methoxy groups -OCH3 is 1. The molecule has 0 saturated heterocycles. The van der Waals surface area contributed by atoms with Crippen LogP contribution in [0.2, 0.25) is 0 Å². The van der Waals surface area contributed by atoms with E-state index in [2.05, 4.69) is 0 Å². The Balaban J connectivity index is 2.83. The molecule has 2 N–H and O–H groups in total. The van der Waals surface area contributed by atoms with Crippen LogP contribution in [0.1, 0.15) is 16.4 Å². The molecule has 0 radical (unpaired) electrons. The maximum absolute atomic E-state index is 12.3. The maximum Gasteiger partial charge on any atom is 0.341 e. The fourth-order valence-electron chi connectivity index (χ4n) is 2.32. The summed E-state index contributed by atoms with van der Waals surface area (Å²) < 4.78 is 6.81. The highest BCUT2D eigenvalue weighted by atomic mass is 32.2. The van der Waals surface area contributed by atoms with E-state index in [1.54, 1.807) is 22.8 Å². The molecule has 1 heterocycles. The van der Waals surface area contributed by atoms with Gasteiger partial charge in [0.15, 0.2) is 0 Å². The Kier molecular flexibility index (Phi) is 5.10. The van der Waals surface area contributed by atoms with Gasteiger partial charge in [0.05, 0.1) is 25.3 Å². The van der Waals surface area contributed by atoms with Gasteiger partial charge in [-0.25, -0.2) is 4.79 Å². The molecule has 1 atom stereocenters. The van der Waals surface area contributed by atoms with Crippen LogP contribution in [0.3, 0.4) is 0 Å². The van der Waals surface area contributed by atoms with Crippen molar-refractivity contribution >= 4 is 28.6 Å². The zero-order chi connectivity index (χ0) is 16.3. The van der Waals surface area contributed by atoms with Crippen molar-refractivity contribution in [3.63, 3.8) is 0 Å². The molecular formula is C15H17NO5S. The molecule has 0 aliphatic carbocycles. The quantitative estimate of drug-likeness (QED) is 0.839. The van der Waals surface area contributed by atoms with E-state index in [-0.39, 0.29) is 18.2 Å². The summed E-state index contributed by atoms with van der Waals surface area (Å²) in [6.45, 7) is -0.158.